The summed E-state index contributed by atoms with van der Waals surface area (Å²) in [6.45, 7) is 0. The van der Waals surface area contributed by atoms with Gasteiger partial charge >= 0.3 is 5.97 Å². The Hall–Kier alpha value is -0.870. The number of carboxylic acids is 1. The van der Waals surface area contributed by atoms with Crippen molar-refractivity contribution in [2.75, 3.05) is 0 Å². The van der Waals surface area contributed by atoms with Gasteiger partial charge in [0.05, 0.1) is 12.0 Å². The maximum Gasteiger partial charge on any atom is 0.307 e. The molecule has 0 aromatic heterocycles. The molecular weight excluding hydrogens is 308 g/mol. The summed E-state index contributed by atoms with van der Waals surface area (Å²) in [5.41, 5.74) is 1.01. The lowest BCUT2D eigenvalue weighted by Gasteiger charge is -2.32. The van der Waals surface area contributed by atoms with E-state index in [1.165, 1.54) is 0 Å². The van der Waals surface area contributed by atoms with Gasteiger partial charge < -0.3 is 10.2 Å². The predicted molar refractivity (Wildman–Crippen MR) is 76.9 cm³/mol. The van der Waals surface area contributed by atoms with Gasteiger partial charge in [0.1, 0.15) is 0 Å². The summed E-state index contributed by atoms with van der Waals surface area (Å²) in [4.78, 5) is 11.5. The maximum absolute atomic E-state index is 11.5. The normalized spacial score (nSPS) is 24.9. The van der Waals surface area contributed by atoms with Crippen LogP contribution in [0.5, 0.6) is 0 Å². The first-order valence-electron chi connectivity index (χ1n) is 6.73. The second-order valence-electron chi connectivity index (χ2n) is 5.29. The summed E-state index contributed by atoms with van der Waals surface area (Å²) < 4.78 is 0.987. The van der Waals surface area contributed by atoms with Crippen molar-refractivity contribution in [2.24, 2.45) is 11.8 Å². The molecule has 2 rings (SSSR count). The third-order valence-corrected chi connectivity index (χ3v) is 4.51. The zero-order chi connectivity index (χ0) is 13.8. The molecule has 1 aliphatic rings. The Morgan fingerprint density at radius 3 is 2.47 bits per heavy atom. The molecular formula is C15H19BrO3. The molecule has 0 bridgehead atoms. The Bertz CT molecular complexity index is 430. The summed E-state index contributed by atoms with van der Waals surface area (Å²) in [5, 5.41) is 19.5. The number of aliphatic hydroxyl groups excluding tert-OH is 1. The molecule has 1 aromatic carbocycles. The molecule has 1 fully saturated rings. The van der Waals surface area contributed by atoms with Crippen LogP contribution in [0.4, 0.5) is 0 Å². The minimum absolute atomic E-state index is 0.116. The van der Waals surface area contributed by atoms with Crippen molar-refractivity contribution in [1.82, 2.24) is 0 Å². The lowest BCUT2D eigenvalue weighted by molar-refractivity contribution is -0.146. The minimum atomic E-state index is -0.797. The summed E-state index contributed by atoms with van der Waals surface area (Å²) >= 11 is 3.37. The molecule has 0 saturated heterocycles. The van der Waals surface area contributed by atoms with Gasteiger partial charge in [-0.3, -0.25) is 4.79 Å². The Morgan fingerprint density at radius 2 is 1.89 bits per heavy atom. The van der Waals surface area contributed by atoms with Crippen LogP contribution in [0, 0.1) is 11.8 Å². The highest BCUT2D eigenvalue weighted by Crippen LogP contribution is 2.32. The molecule has 1 saturated carbocycles. The highest BCUT2D eigenvalue weighted by Gasteiger charge is 2.34. The molecule has 2 N–H and O–H groups in total. The zero-order valence-electron chi connectivity index (χ0n) is 10.8. The molecule has 104 valence electrons. The Labute approximate surface area is 121 Å². The molecule has 0 spiro atoms. The van der Waals surface area contributed by atoms with Crippen LogP contribution in [-0.4, -0.2) is 22.3 Å². The highest BCUT2D eigenvalue weighted by atomic mass is 79.9. The van der Waals surface area contributed by atoms with E-state index in [1.54, 1.807) is 0 Å². The number of aliphatic carboxylic acids is 1. The average molecular weight is 327 g/mol. The molecule has 0 amide bonds. The first kappa shape index (κ1) is 14.5. The molecule has 1 aliphatic carbocycles. The number of hydrogen-bond acceptors (Lipinski definition) is 2. The number of halogens is 1. The molecule has 3 nitrogen and oxygen atoms in total. The topological polar surface area (TPSA) is 57.5 Å². The number of rotatable bonds is 4. The van der Waals surface area contributed by atoms with E-state index < -0.39 is 18.0 Å². The Balaban J connectivity index is 2.11. The molecule has 19 heavy (non-hydrogen) atoms. The van der Waals surface area contributed by atoms with Crippen molar-refractivity contribution in [1.29, 1.82) is 0 Å². The zero-order valence-corrected chi connectivity index (χ0v) is 12.3. The standard InChI is InChI=1S/C15H19BrO3/c16-11-7-5-10(6-8-11)9-13(15(18)19)12-3-1-2-4-14(12)17/h5-8,12-14,17H,1-4,9H2,(H,18,19). The quantitative estimate of drug-likeness (QED) is 0.892. The van der Waals surface area contributed by atoms with Gasteiger partial charge in [-0.15, -0.1) is 0 Å². The SMILES string of the molecule is O=C(O)C(Cc1ccc(Br)cc1)C1CCCCC1O. The Morgan fingerprint density at radius 1 is 1.26 bits per heavy atom. The minimum Gasteiger partial charge on any atom is -0.481 e. The van der Waals surface area contributed by atoms with E-state index in [1.807, 2.05) is 24.3 Å². The second kappa shape index (κ2) is 6.53. The van der Waals surface area contributed by atoms with E-state index in [9.17, 15) is 15.0 Å². The number of aliphatic hydroxyl groups is 1. The van der Waals surface area contributed by atoms with Crippen molar-refractivity contribution < 1.29 is 15.0 Å². The van der Waals surface area contributed by atoms with E-state index in [4.69, 9.17) is 0 Å². The van der Waals surface area contributed by atoms with Crippen molar-refractivity contribution >= 4 is 21.9 Å². The fourth-order valence-corrected chi connectivity index (χ4v) is 3.17. The van der Waals surface area contributed by atoms with E-state index >= 15 is 0 Å². The fraction of sp³-hybridized carbons (Fsp3) is 0.533. The van der Waals surface area contributed by atoms with E-state index in [2.05, 4.69) is 15.9 Å². The van der Waals surface area contributed by atoms with Crippen LogP contribution >= 0.6 is 15.9 Å². The smallest absolute Gasteiger partial charge is 0.307 e. The summed E-state index contributed by atoms with van der Waals surface area (Å²) in [5.74, 6) is -1.40. The first-order valence-corrected chi connectivity index (χ1v) is 7.52. The third-order valence-electron chi connectivity index (χ3n) is 3.98. The lowest BCUT2D eigenvalue weighted by atomic mass is 9.75. The third kappa shape index (κ3) is 3.80. The van der Waals surface area contributed by atoms with Gasteiger partial charge in [-0.25, -0.2) is 0 Å². The molecule has 4 heteroatoms. The van der Waals surface area contributed by atoms with Gasteiger partial charge in [-0.2, -0.15) is 0 Å². The largest absolute Gasteiger partial charge is 0.481 e. The van der Waals surface area contributed by atoms with E-state index in [0.717, 1.165) is 35.7 Å². The van der Waals surface area contributed by atoms with Crippen molar-refractivity contribution in [3.63, 3.8) is 0 Å². The van der Waals surface area contributed by atoms with Crippen LogP contribution in [0.2, 0.25) is 0 Å². The van der Waals surface area contributed by atoms with Gasteiger partial charge in [-0.1, -0.05) is 40.9 Å². The van der Waals surface area contributed by atoms with Gasteiger partial charge in [0.25, 0.3) is 0 Å². The predicted octanol–water partition coefficient (Wildman–Crippen LogP) is 3.24. The lowest BCUT2D eigenvalue weighted by Crippen LogP contribution is -2.36. The summed E-state index contributed by atoms with van der Waals surface area (Å²) in [6, 6.07) is 7.72. The number of hydrogen-bond donors (Lipinski definition) is 2. The van der Waals surface area contributed by atoms with Crippen LogP contribution in [0.25, 0.3) is 0 Å². The van der Waals surface area contributed by atoms with Gasteiger partial charge in [0, 0.05) is 4.47 Å². The second-order valence-corrected chi connectivity index (χ2v) is 6.21. The Kier molecular flexibility index (Phi) is 4.99. The molecule has 3 unspecified atom stereocenters. The molecule has 0 aliphatic heterocycles. The van der Waals surface area contributed by atoms with Crippen LogP contribution in [0.15, 0.2) is 28.7 Å². The summed E-state index contributed by atoms with van der Waals surface area (Å²) in [6.07, 6.45) is 3.59. The van der Waals surface area contributed by atoms with Gasteiger partial charge in [0.15, 0.2) is 0 Å². The monoisotopic (exact) mass is 326 g/mol. The van der Waals surface area contributed by atoms with Gasteiger partial charge in [0.2, 0.25) is 0 Å². The number of carbonyl (C=O) groups is 1. The van der Waals surface area contributed by atoms with E-state index in [0.29, 0.717) is 6.42 Å². The summed E-state index contributed by atoms with van der Waals surface area (Å²) in [7, 11) is 0. The highest BCUT2D eigenvalue weighted by molar-refractivity contribution is 9.10. The molecule has 3 atom stereocenters. The van der Waals surface area contributed by atoms with Crippen LogP contribution in [0.1, 0.15) is 31.2 Å². The average Bonchev–Trinajstić information content (AvgIpc) is 2.39. The van der Waals surface area contributed by atoms with Crippen LogP contribution in [-0.2, 0) is 11.2 Å². The van der Waals surface area contributed by atoms with Crippen molar-refractivity contribution in [3.8, 4) is 0 Å². The van der Waals surface area contributed by atoms with Crippen molar-refractivity contribution in [2.45, 2.75) is 38.2 Å². The molecule has 0 radical (unpaired) electrons. The molecule has 0 heterocycles. The number of carboxylic acid groups (broad SMARTS) is 1. The van der Waals surface area contributed by atoms with Crippen LogP contribution in [0.3, 0.4) is 0 Å². The van der Waals surface area contributed by atoms with Crippen molar-refractivity contribution in [3.05, 3.63) is 34.3 Å². The van der Waals surface area contributed by atoms with E-state index in [-0.39, 0.29) is 5.92 Å². The van der Waals surface area contributed by atoms with Crippen LogP contribution < -0.4 is 0 Å². The molecule has 1 aromatic rings. The first-order chi connectivity index (χ1) is 9.08. The number of benzene rings is 1. The van der Waals surface area contributed by atoms with Gasteiger partial charge in [-0.05, 0) is 42.9 Å². The fourth-order valence-electron chi connectivity index (χ4n) is 2.91. The maximum atomic E-state index is 11.5.